The second-order valence-corrected chi connectivity index (χ2v) is 6.95. The summed E-state index contributed by atoms with van der Waals surface area (Å²) in [5.74, 6) is 4.73. The smallest absolute Gasteiger partial charge is 0.345 e. The van der Waals surface area contributed by atoms with Crippen molar-refractivity contribution in [1.82, 2.24) is 24.8 Å². The molecule has 1 saturated heterocycles. The van der Waals surface area contributed by atoms with Crippen LogP contribution in [0, 0.1) is 0 Å². The van der Waals surface area contributed by atoms with Crippen molar-refractivity contribution in [2.75, 3.05) is 5.32 Å². The predicted octanol–water partition coefficient (Wildman–Crippen LogP) is 1.50. The van der Waals surface area contributed by atoms with E-state index in [9.17, 15) is 14.4 Å². The molecule has 1 fully saturated rings. The molecular formula is C17H23N7O4. The summed E-state index contributed by atoms with van der Waals surface area (Å²) in [6, 6.07) is 3.39. The third-order valence-corrected chi connectivity index (χ3v) is 4.53. The van der Waals surface area contributed by atoms with Crippen molar-refractivity contribution >= 4 is 34.8 Å². The number of carbonyl (C=O) groups is 3. The molecule has 1 aromatic carbocycles. The first-order valence-corrected chi connectivity index (χ1v) is 8.81. The summed E-state index contributed by atoms with van der Waals surface area (Å²) < 4.78 is 2.03. The van der Waals surface area contributed by atoms with E-state index >= 15 is 0 Å². The quantitative estimate of drug-likeness (QED) is 0.432. The number of benzene rings is 1. The molecule has 0 saturated carbocycles. The first-order chi connectivity index (χ1) is 13.2. The number of anilines is 1. The molecule has 2 atom stereocenters. The van der Waals surface area contributed by atoms with Crippen LogP contribution in [0.2, 0.25) is 0 Å². The Morgan fingerprint density at radius 2 is 2.07 bits per heavy atom. The van der Waals surface area contributed by atoms with Crippen LogP contribution in [0.15, 0.2) is 24.5 Å². The van der Waals surface area contributed by atoms with Crippen molar-refractivity contribution in [2.24, 2.45) is 5.84 Å². The molecule has 0 bridgehead atoms. The van der Waals surface area contributed by atoms with E-state index in [0.29, 0.717) is 5.69 Å². The van der Waals surface area contributed by atoms with Gasteiger partial charge in [0.05, 0.1) is 29.8 Å². The number of amides is 4. The number of hydrazine groups is 1. The molecule has 1 aliphatic rings. The highest BCUT2D eigenvalue weighted by molar-refractivity contribution is 5.97. The van der Waals surface area contributed by atoms with Gasteiger partial charge in [-0.05, 0) is 39.0 Å². The van der Waals surface area contributed by atoms with E-state index in [1.165, 1.54) is 6.92 Å². The van der Waals surface area contributed by atoms with Gasteiger partial charge in [-0.25, -0.2) is 30.3 Å². The van der Waals surface area contributed by atoms with Gasteiger partial charge in [0.2, 0.25) is 0 Å². The summed E-state index contributed by atoms with van der Waals surface area (Å²) >= 11 is 0. The van der Waals surface area contributed by atoms with Crippen molar-refractivity contribution in [1.29, 1.82) is 0 Å². The Balaban J connectivity index is 1.77. The van der Waals surface area contributed by atoms with Gasteiger partial charge in [-0.3, -0.25) is 10.1 Å². The topological polar surface area (TPSA) is 146 Å². The molecule has 1 aliphatic heterocycles. The van der Waals surface area contributed by atoms with Gasteiger partial charge >= 0.3 is 18.0 Å². The fourth-order valence-corrected chi connectivity index (χ4v) is 3.11. The van der Waals surface area contributed by atoms with E-state index in [2.05, 4.69) is 29.5 Å². The number of nitrogens with zero attached hydrogens (tertiary/aromatic N) is 4. The average Bonchev–Trinajstić information content (AvgIpc) is 3.02. The lowest BCUT2D eigenvalue weighted by Gasteiger charge is -2.40. The van der Waals surface area contributed by atoms with Crippen LogP contribution in [-0.4, -0.2) is 54.9 Å². The molecule has 11 heteroatoms. The Bertz CT molecular complexity index is 925. The van der Waals surface area contributed by atoms with Crippen LogP contribution >= 0.6 is 0 Å². The number of carboxylic acids is 1. The third-order valence-electron chi connectivity index (χ3n) is 4.53. The highest BCUT2D eigenvalue weighted by atomic mass is 16.4. The van der Waals surface area contributed by atoms with E-state index in [0.717, 1.165) is 20.9 Å². The first kappa shape index (κ1) is 19.4. The summed E-state index contributed by atoms with van der Waals surface area (Å²) in [6.07, 6.45) is 0.389. The zero-order valence-electron chi connectivity index (χ0n) is 15.8. The van der Waals surface area contributed by atoms with Gasteiger partial charge in [-0.2, -0.15) is 0 Å². The van der Waals surface area contributed by atoms with Gasteiger partial charge in [0.15, 0.2) is 6.29 Å². The molecule has 4 amide bonds. The largest absolute Gasteiger partial charge is 0.481 e. The maximum absolute atomic E-state index is 12.5. The Morgan fingerprint density at radius 3 is 2.71 bits per heavy atom. The Hall–Kier alpha value is -3.34. The lowest BCUT2D eigenvalue weighted by molar-refractivity contribution is -0.137. The number of carboxylic acid groups (broad SMARTS) is 1. The van der Waals surface area contributed by atoms with E-state index in [1.807, 2.05) is 10.6 Å². The zero-order valence-corrected chi connectivity index (χ0v) is 15.8. The average molecular weight is 389 g/mol. The normalized spacial score (nSPS) is 18.5. The molecule has 2 aromatic rings. The molecular weight excluding hydrogens is 366 g/mol. The second-order valence-electron chi connectivity index (χ2n) is 6.95. The number of aromatic nitrogens is 2. The number of imidazole rings is 1. The molecule has 2 heterocycles. The van der Waals surface area contributed by atoms with Crippen molar-refractivity contribution in [3.05, 3.63) is 24.5 Å². The molecule has 1 unspecified atom stereocenters. The van der Waals surface area contributed by atoms with Gasteiger partial charge in [0.1, 0.15) is 0 Å². The number of urea groups is 2. The molecule has 150 valence electrons. The van der Waals surface area contributed by atoms with Crippen molar-refractivity contribution in [3.8, 4) is 0 Å². The number of hydrogen-bond acceptors (Lipinski definition) is 6. The van der Waals surface area contributed by atoms with Gasteiger partial charge in [0.25, 0.3) is 0 Å². The van der Waals surface area contributed by atoms with E-state index < -0.39 is 30.4 Å². The number of nitrogens with two attached hydrogens (primary N) is 1. The maximum atomic E-state index is 12.5. The summed E-state index contributed by atoms with van der Waals surface area (Å²) in [7, 11) is 0. The number of rotatable bonds is 6. The second kappa shape index (κ2) is 7.35. The number of hydrogen-bond donors (Lipinski definition) is 4. The summed E-state index contributed by atoms with van der Waals surface area (Å²) in [5.41, 5.74) is 2.33. The molecule has 5 N–H and O–H groups in total. The maximum Gasteiger partial charge on any atom is 0.345 e. The Labute approximate surface area is 161 Å². The predicted molar refractivity (Wildman–Crippen MR) is 101 cm³/mol. The minimum absolute atomic E-state index is 0.261. The van der Waals surface area contributed by atoms with Crippen LogP contribution in [0.25, 0.3) is 11.0 Å². The fourth-order valence-electron chi connectivity index (χ4n) is 3.11. The summed E-state index contributed by atoms with van der Waals surface area (Å²) in [6.45, 7) is 5.58. The molecule has 0 aliphatic carbocycles. The van der Waals surface area contributed by atoms with E-state index in [1.54, 1.807) is 18.5 Å². The fraction of sp³-hybridized carbons (Fsp3) is 0.412. The lowest BCUT2D eigenvalue weighted by Crippen LogP contribution is -2.70. The van der Waals surface area contributed by atoms with Crippen molar-refractivity contribution in [3.63, 3.8) is 0 Å². The SMILES string of the molecule is CC(C)n1cnc2cc(NC3NC(=O)N([C@@H](C)CC(=O)O)C(=O)N3N)ccc21. The van der Waals surface area contributed by atoms with Crippen molar-refractivity contribution in [2.45, 2.75) is 45.6 Å². The van der Waals surface area contributed by atoms with Crippen LogP contribution in [0.5, 0.6) is 0 Å². The van der Waals surface area contributed by atoms with Crippen molar-refractivity contribution < 1.29 is 19.5 Å². The number of imide groups is 1. The zero-order chi connectivity index (χ0) is 20.6. The van der Waals surface area contributed by atoms with Crippen LogP contribution in [-0.2, 0) is 4.79 Å². The lowest BCUT2D eigenvalue weighted by atomic mass is 10.2. The van der Waals surface area contributed by atoms with Gasteiger partial charge in [-0.15, -0.1) is 0 Å². The monoisotopic (exact) mass is 389 g/mol. The molecule has 3 rings (SSSR count). The standard InChI is InChI=1S/C17H23N7O4/c1-9(2)22-8-19-12-7-11(4-5-13(12)22)20-15-21-16(27)23(17(28)24(15)18)10(3)6-14(25)26/h4-5,7-10,15,20H,6,18H2,1-3H3,(H,21,27)(H,25,26)/t10-,15?/m0/s1. The highest BCUT2D eigenvalue weighted by Gasteiger charge is 2.40. The summed E-state index contributed by atoms with van der Waals surface area (Å²) in [4.78, 5) is 40.8. The number of fused-ring (bicyclic) bond motifs is 1. The van der Waals surface area contributed by atoms with Gasteiger partial charge in [-0.1, -0.05) is 0 Å². The molecule has 11 nitrogen and oxygen atoms in total. The van der Waals surface area contributed by atoms with Crippen LogP contribution in [0.4, 0.5) is 15.3 Å². The van der Waals surface area contributed by atoms with Crippen LogP contribution in [0.3, 0.4) is 0 Å². The molecule has 28 heavy (non-hydrogen) atoms. The Kier molecular flexibility index (Phi) is 5.10. The number of nitrogens with one attached hydrogen (secondary N) is 2. The van der Waals surface area contributed by atoms with Crippen LogP contribution in [0.1, 0.15) is 33.2 Å². The Morgan fingerprint density at radius 1 is 1.36 bits per heavy atom. The van der Waals surface area contributed by atoms with Gasteiger partial charge < -0.3 is 15.0 Å². The van der Waals surface area contributed by atoms with E-state index in [4.69, 9.17) is 10.9 Å². The molecule has 0 radical (unpaired) electrons. The van der Waals surface area contributed by atoms with Gasteiger partial charge in [0, 0.05) is 11.7 Å². The molecule has 1 aromatic heterocycles. The summed E-state index contributed by atoms with van der Waals surface area (Å²) in [5, 5.41) is 15.2. The third kappa shape index (κ3) is 3.56. The highest BCUT2D eigenvalue weighted by Crippen LogP contribution is 2.22. The minimum atomic E-state index is -1.12. The van der Waals surface area contributed by atoms with E-state index in [-0.39, 0.29) is 12.5 Å². The number of aliphatic carboxylic acids is 1. The molecule has 0 spiro atoms. The minimum Gasteiger partial charge on any atom is -0.481 e. The van der Waals surface area contributed by atoms with Crippen LogP contribution < -0.4 is 16.5 Å². The first-order valence-electron chi connectivity index (χ1n) is 8.81. The number of carbonyl (C=O) groups excluding carboxylic acids is 2.